The summed E-state index contributed by atoms with van der Waals surface area (Å²) < 4.78 is 10.2. The van der Waals surface area contributed by atoms with Gasteiger partial charge in [0.2, 0.25) is 5.91 Å². The van der Waals surface area contributed by atoms with E-state index >= 15 is 0 Å². The van der Waals surface area contributed by atoms with Crippen LogP contribution in [0.25, 0.3) is 0 Å². The molecule has 2 amide bonds. The number of para-hydroxylation sites is 2. The van der Waals surface area contributed by atoms with Gasteiger partial charge >= 0.3 is 5.97 Å². The molecule has 0 aliphatic heterocycles. The lowest BCUT2D eigenvalue weighted by atomic mass is 10.1. The van der Waals surface area contributed by atoms with E-state index < -0.39 is 5.97 Å². The summed E-state index contributed by atoms with van der Waals surface area (Å²) in [5.74, 6) is -0.471. The predicted molar refractivity (Wildman–Crippen MR) is 107 cm³/mol. The number of rotatable bonds is 8. The van der Waals surface area contributed by atoms with Gasteiger partial charge in [0.1, 0.15) is 0 Å². The summed E-state index contributed by atoms with van der Waals surface area (Å²) in [6, 6.07) is 11.5. The predicted octanol–water partition coefficient (Wildman–Crippen LogP) is 4.00. The van der Waals surface area contributed by atoms with Crippen molar-refractivity contribution < 1.29 is 23.9 Å². The minimum atomic E-state index is -0.483. The fraction of sp³-hybridized carbons (Fsp3) is 0.286. The van der Waals surface area contributed by atoms with Crippen LogP contribution in [0.3, 0.4) is 0 Å². The van der Waals surface area contributed by atoms with Crippen molar-refractivity contribution in [2.75, 3.05) is 17.7 Å². The average molecular weight is 384 g/mol. The summed E-state index contributed by atoms with van der Waals surface area (Å²) in [4.78, 5) is 35.8. The summed E-state index contributed by atoms with van der Waals surface area (Å²) in [6.07, 6.45) is 2.15. The Balaban J connectivity index is 2.17. The van der Waals surface area contributed by atoms with Gasteiger partial charge in [0.15, 0.2) is 11.5 Å². The van der Waals surface area contributed by atoms with E-state index in [1.807, 2.05) is 6.92 Å². The molecule has 2 aromatic rings. The number of methoxy groups -OCH3 is 1. The van der Waals surface area contributed by atoms with Gasteiger partial charge < -0.3 is 20.1 Å². The van der Waals surface area contributed by atoms with Crippen molar-refractivity contribution in [3.63, 3.8) is 0 Å². The maximum Gasteiger partial charge on any atom is 0.308 e. The molecule has 0 heterocycles. The van der Waals surface area contributed by atoms with Gasteiger partial charge in [-0.2, -0.15) is 0 Å². The largest absolute Gasteiger partial charge is 0.493 e. The lowest BCUT2D eigenvalue weighted by Gasteiger charge is -2.13. The molecule has 2 N–H and O–H groups in total. The highest BCUT2D eigenvalue weighted by Gasteiger charge is 2.14. The second kappa shape index (κ2) is 10.1. The molecule has 148 valence electrons. The first-order valence-corrected chi connectivity index (χ1v) is 9.01. The Morgan fingerprint density at radius 2 is 1.64 bits per heavy atom. The number of amides is 2. The number of hydrogen-bond acceptors (Lipinski definition) is 5. The molecule has 0 bridgehead atoms. The number of benzene rings is 2. The highest BCUT2D eigenvalue weighted by atomic mass is 16.6. The van der Waals surface area contributed by atoms with E-state index in [2.05, 4.69) is 10.6 Å². The first-order chi connectivity index (χ1) is 13.4. The van der Waals surface area contributed by atoms with Gasteiger partial charge in [-0.15, -0.1) is 0 Å². The van der Waals surface area contributed by atoms with Gasteiger partial charge in [-0.25, -0.2) is 0 Å². The molecule has 7 heteroatoms. The van der Waals surface area contributed by atoms with Gasteiger partial charge in [-0.05, 0) is 36.8 Å². The van der Waals surface area contributed by atoms with Gasteiger partial charge in [-0.1, -0.05) is 25.5 Å². The minimum absolute atomic E-state index is 0.101. The molecule has 0 aliphatic carbocycles. The maximum absolute atomic E-state index is 12.6. The molecule has 0 atom stereocenters. The van der Waals surface area contributed by atoms with E-state index in [1.54, 1.807) is 24.3 Å². The smallest absolute Gasteiger partial charge is 0.308 e. The van der Waals surface area contributed by atoms with Crippen molar-refractivity contribution in [3.05, 3.63) is 48.0 Å². The zero-order valence-electron chi connectivity index (χ0n) is 16.2. The molecule has 0 aromatic heterocycles. The molecule has 2 rings (SSSR count). The Bertz CT molecular complexity index is 864. The number of hydrogen-bond donors (Lipinski definition) is 2. The zero-order chi connectivity index (χ0) is 20.5. The number of esters is 1. The monoisotopic (exact) mass is 384 g/mol. The van der Waals surface area contributed by atoms with Crippen LogP contribution in [0.2, 0.25) is 0 Å². The molecular weight excluding hydrogens is 360 g/mol. The first-order valence-electron chi connectivity index (χ1n) is 9.01. The minimum Gasteiger partial charge on any atom is -0.493 e. The van der Waals surface area contributed by atoms with Crippen LogP contribution >= 0.6 is 0 Å². The molecule has 0 aliphatic rings. The Labute approximate surface area is 164 Å². The molecule has 0 saturated carbocycles. The summed E-state index contributed by atoms with van der Waals surface area (Å²) in [5.41, 5.74) is 1.33. The number of nitrogens with one attached hydrogen (secondary N) is 2. The number of unbranched alkanes of at least 4 members (excludes halogenated alkanes) is 1. The molecule has 0 spiro atoms. The second-order valence-corrected chi connectivity index (χ2v) is 6.11. The van der Waals surface area contributed by atoms with Crippen molar-refractivity contribution in [2.45, 2.75) is 33.1 Å². The Morgan fingerprint density at radius 3 is 2.25 bits per heavy atom. The SMILES string of the molecule is CCCCC(=O)Nc1ccccc1NC(=O)c1ccc(OC(C)=O)c(OC)c1. The lowest BCUT2D eigenvalue weighted by Crippen LogP contribution is -2.16. The number of carbonyl (C=O) groups is 3. The van der Waals surface area contributed by atoms with E-state index in [1.165, 1.54) is 32.2 Å². The second-order valence-electron chi connectivity index (χ2n) is 6.11. The molecular formula is C21H24N2O5. The maximum atomic E-state index is 12.6. The summed E-state index contributed by atoms with van der Waals surface area (Å²) in [5, 5.41) is 5.60. The molecule has 0 radical (unpaired) electrons. The highest BCUT2D eigenvalue weighted by Crippen LogP contribution is 2.29. The summed E-state index contributed by atoms with van der Waals surface area (Å²) >= 11 is 0. The van der Waals surface area contributed by atoms with E-state index in [0.29, 0.717) is 23.4 Å². The Hall–Kier alpha value is -3.35. The third-order valence-corrected chi connectivity index (χ3v) is 3.89. The Morgan fingerprint density at radius 1 is 0.964 bits per heavy atom. The van der Waals surface area contributed by atoms with Crippen LogP contribution in [0.4, 0.5) is 11.4 Å². The zero-order valence-corrected chi connectivity index (χ0v) is 16.2. The third kappa shape index (κ3) is 5.84. The van der Waals surface area contributed by atoms with Crippen molar-refractivity contribution in [1.82, 2.24) is 0 Å². The van der Waals surface area contributed by atoms with Crippen LogP contribution in [-0.4, -0.2) is 24.9 Å². The Kier molecular flexibility index (Phi) is 7.56. The van der Waals surface area contributed by atoms with Crippen LogP contribution in [0.1, 0.15) is 43.5 Å². The van der Waals surface area contributed by atoms with E-state index in [9.17, 15) is 14.4 Å². The standard InChI is InChI=1S/C21H24N2O5/c1-4-5-10-20(25)22-16-8-6-7-9-17(16)23-21(26)15-11-12-18(28-14(2)24)19(13-15)27-3/h6-9,11-13H,4-5,10H2,1-3H3,(H,22,25)(H,23,26). The normalized spacial score (nSPS) is 10.1. The summed E-state index contributed by atoms with van der Waals surface area (Å²) in [6.45, 7) is 3.30. The van der Waals surface area contributed by atoms with Crippen LogP contribution in [0, 0.1) is 0 Å². The molecule has 2 aromatic carbocycles. The van der Waals surface area contributed by atoms with Crippen molar-refractivity contribution in [2.24, 2.45) is 0 Å². The van der Waals surface area contributed by atoms with Gasteiger partial charge in [0.25, 0.3) is 5.91 Å². The average Bonchev–Trinajstić information content (AvgIpc) is 2.67. The lowest BCUT2D eigenvalue weighted by molar-refractivity contribution is -0.132. The molecule has 28 heavy (non-hydrogen) atoms. The fourth-order valence-corrected chi connectivity index (χ4v) is 2.49. The van der Waals surface area contributed by atoms with Crippen molar-refractivity contribution >= 4 is 29.2 Å². The van der Waals surface area contributed by atoms with Crippen LogP contribution < -0.4 is 20.1 Å². The first kappa shape index (κ1) is 21.0. The molecule has 0 saturated heterocycles. The molecule has 0 unspecified atom stereocenters. The number of anilines is 2. The van der Waals surface area contributed by atoms with Gasteiger partial charge in [0.05, 0.1) is 18.5 Å². The fourth-order valence-electron chi connectivity index (χ4n) is 2.49. The van der Waals surface area contributed by atoms with E-state index in [4.69, 9.17) is 9.47 Å². The van der Waals surface area contributed by atoms with Crippen molar-refractivity contribution in [3.8, 4) is 11.5 Å². The number of carbonyl (C=O) groups excluding carboxylic acids is 3. The van der Waals surface area contributed by atoms with E-state index in [-0.39, 0.29) is 23.3 Å². The third-order valence-electron chi connectivity index (χ3n) is 3.89. The quantitative estimate of drug-likeness (QED) is 0.530. The van der Waals surface area contributed by atoms with Gasteiger partial charge in [0, 0.05) is 18.9 Å². The van der Waals surface area contributed by atoms with E-state index in [0.717, 1.165) is 12.8 Å². The van der Waals surface area contributed by atoms with Crippen LogP contribution in [-0.2, 0) is 9.59 Å². The molecule has 0 fully saturated rings. The van der Waals surface area contributed by atoms with Crippen molar-refractivity contribution in [1.29, 1.82) is 0 Å². The highest BCUT2D eigenvalue weighted by molar-refractivity contribution is 6.07. The van der Waals surface area contributed by atoms with Crippen LogP contribution in [0.15, 0.2) is 42.5 Å². The number of ether oxygens (including phenoxy) is 2. The van der Waals surface area contributed by atoms with Gasteiger partial charge in [-0.3, -0.25) is 14.4 Å². The van der Waals surface area contributed by atoms with Crippen LogP contribution in [0.5, 0.6) is 11.5 Å². The topological polar surface area (TPSA) is 93.7 Å². The molecule has 7 nitrogen and oxygen atoms in total. The summed E-state index contributed by atoms with van der Waals surface area (Å²) in [7, 11) is 1.42.